The van der Waals surface area contributed by atoms with E-state index >= 15 is 0 Å². The van der Waals surface area contributed by atoms with Crippen LogP contribution in [0.15, 0.2) is 30.3 Å². The zero-order valence-corrected chi connectivity index (χ0v) is 14.0. The predicted molar refractivity (Wildman–Crippen MR) is 89.1 cm³/mol. The van der Waals surface area contributed by atoms with Crippen molar-refractivity contribution < 1.29 is 19.5 Å². The van der Waals surface area contributed by atoms with Gasteiger partial charge in [0.15, 0.2) is 0 Å². The number of hydrogen-bond donors (Lipinski definition) is 2. The van der Waals surface area contributed by atoms with Gasteiger partial charge in [-0.25, -0.2) is 4.79 Å². The van der Waals surface area contributed by atoms with Gasteiger partial charge in [-0.05, 0) is 18.4 Å². The molecule has 130 valence electrons. The quantitative estimate of drug-likeness (QED) is 0.799. The fourth-order valence-electron chi connectivity index (χ4n) is 3.09. The normalized spacial score (nSPS) is 15.7. The molecule has 6 nitrogen and oxygen atoms in total. The lowest BCUT2D eigenvalue weighted by atomic mass is 9.97. The molecule has 1 saturated carbocycles. The van der Waals surface area contributed by atoms with E-state index < -0.39 is 11.5 Å². The van der Waals surface area contributed by atoms with Crippen molar-refractivity contribution in [2.24, 2.45) is 0 Å². The van der Waals surface area contributed by atoms with E-state index in [0.29, 0.717) is 19.4 Å². The van der Waals surface area contributed by atoms with Crippen LogP contribution in [0, 0.1) is 0 Å². The van der Waals surface area contributed by atoms with Crippen molar-refractivity contribution in [2.45, 2.75) is 51.1 Å². The van der Waals surface area contributed by atoms with Gasteiger partial charge in [0.25, 0.3) is 0 Å². The molecule has 2 N–H and O–H groups in total. The number of carboxylic acids is 1. The molecule has 1 aromatic rings. The van der Waals surface area contributed by atoms with Crippen molar-refractivity contribution >= 4 is 17.8 Å². The minimum absolute atomic E-state index is 0.0987. The van der Waals surface area contributed by atoms with Crippen LogP contribution >= 0.6 is 0 Å². The molecular formula is C18H24N2O4. The van der Waals surface area contributed by atoms with Crippen LogP contribution in [-0.2, 0) is 20.9 Å². The van der Waals surface area contributed by atoms with Gasteiger partial charge in [-0.2, -0.15) is 0 Å². The molecule has 0 spiro atoms. The maximum atomic E-state index is 12.2. The zero-order chi connectivity index (χ0) is 17.6. The summed E-state index contributed by atoms with van der Waals surface area (Å²) in [5.41, 5.74) is -0.136. The van der Waals surface area contributed by atoms with Crippen LogP contribution in [0.3, 0.4) is 0 Å². The van der Waals surface area contributed by atoms with Crippen LogP contribution in [0.5, 0.6) is 0 Å². The zero-order valence-electron chi connectivity index (χ0n) is 14.0. The summed E-state index contributed by atoms with van der Waals surface area (Å²) in [6.07, 6.45) is 2.64. The van der Waals surface area contributed by atoms with Gasteiger partial charge in [0.1, 0.15) is 5.54 Å². The van der Waals surface area contributed by atoms with Crippen molar-refractivity contribution in [3.05, 3.63) is 35.9 Å². The smallest absolute Gasteiger partial charge is 0.329 e. The third kappa shape index (κ3) is 4.57. The number of hydrogen-bond acceptors (Lipinski definition) is 3. The summed E-state index contributed by atoms with van der Waals surface area (Å²) >= 11 is 0. The molecule has 1 fully saturated rings. The van der Waals surface area contributed by atoms with Crippen LogP contribution in [0.1, 0.15) is 44.6 Å². The minimum atomic E-state index is -1.13. The monoisotopic (exact) mass is 332 g/mol. The lowest BCUT2D eigenvalue weighted by Crippen LogP contribution is -2.53. The Kier molecular flexibility index (Phi) is 5.95. The number of nitrogens with one attached hydrogen (secondary N) is 1. The van der Waals surface area contributed by atoms with Crippen molar-refractivity contribution in [1.29, 1.82) is 0 Å². The summed E-state index contributed by atoms with van der Waals surface area (Å²) in [7, 11) is 0. The average molecular weight is 332 g/mol. The second-order valence-corrected chi connectivity index (χ2v) is 6.32. The van der Waals surface area contributed by atoms with Gasteiger partial charge < -0.3 is 15.3 Å². The molecule has 0 aliphatic heterocycles. The highest BCUT2D eigenvalue weighted by Gasteiger charge is 2.42. The predicted octanol–water partition coefficient (Wildman–Crippen LogP) is 1.94. The number of carbonyl (C=O) groups is 3. The van der Waals surface area contributed by atoms with Crippen molar-refractivity contribution in [3.8, 4) is 0 Å². The Hall–Kier alpha value is -2.37. The summed E-state index contributed by atoms with van der Waals surface area (Å²) in [6.45, 7) is 2.18. The van der Waals surface area contributed by atoms with Gasteiger partial charge in [0.05, 0.1) is 0 Å². The molecule has 0 bridgehead atoms. The van der Waals surface area contributed by atoms with E-state index in [0.717, 1.165) is 18.4 Å². The molecule has 1 aliphatic rings. The Morgan fingerprint density at radius 2 is 1.79 bits per heavy atom. The third-order valence-corrected chi connectivity index (χ3v) is 4.52. The number of carboxylic acid groups (broad SMARTS) is 1. The summed E-state index contributed by atoms with van der Waals surface area (Å²) in [4.78, 5) is 37.0. The molecule has 0 radical (unpaired) electrons. The molecule has 0 unspecified atom stereocenters. The molecule has 0 heterocycles. The lowest BCUT2D eigenvalue weighted by molar-refractivity contribution is -0.147. The number of nitrogens with zero attached hydrogens (tertiary/aromatic N) is 1. The van der Waals surface area contributed by atoms with Gasteiger partial charge in [-0.3, -0.25) is 9.59 Å². The van der Waals surface area contributed by atoms with Crippen LogP contribution in [0.2, 0.25) is 0 Å². The maximum absolute atomic E-state index is 12.2. The molecule has 0 atom stereocenters. The highest BCUT2D eigenvalue weighted by atomic mass is 16.4. The Morgan fingerprint density at radius 3 is 2.33 bits per heavy atom. The molecule has 24 heavy (non-hydrogen) atoms. The van der Waals surface area contributed by atoms with Crippen LogP contribution in [0.4, 0.5) is 0 Å². The standard InChI is InChI=1S/C18H24N2O4/c1-14(21)20(13-15-7-3-2-4-8-15)12-9-16(22)19-18(17(23)24)10-5-6-11-18/h2-4,7-8H,5-6,9-13H2,1H3,(H,19,22)(H,23,24). The van der Waals surface area contributed by atoms with E-state index in [1.54, 1.807) is 4.90 Å². The fraction of sp³-hybridized carbons (Fsp3) is 0.500. The first-order valence-corrected chi connectivity index (χ1v) is 8.27. The van der Waals surface area contributed by atoms with Crippen LogP contribution in [0.25, 0.3) is 0 Å². The summed E-state index contributed by atoms with van der Waals surface area (Å²) in [5.74, 6) is -1.40. The Labute approximate surface area is 141 Å². The molecule has 0 aromatic heterocycles. The number of rotatable bonds is 7. The lowest BCUT2D eigenvalue weighted by Gasteiger charge is -2.26. The number of aliphatic carboxylic acids is 1. The summed E-state index contributed by atoms with van der Waals surface area (Å²) < 4.78 is 0. The van der Waals surface area contributed by atoms with E-state index in [4.69, 9.17) is 0 Å². The van der Waals surface area contributed by atoms with Crippen molar-refractivity contribution in [1.82, 2.24) is 10.2 Å². The molecular weight excluding hydrogens is 308 g/mol. The van der Waals surface area contributed by atoms with Crippen LogP contribution in [-0.4, -0.2) is 39.9 Å². The summed E-state index contributed by atoms with van der Waals surface area (Å²) in [6, 6.07) is 9.55. The summed E-state index contributed by atoms with van der Waals surface area (Å²) in [5, 5.41) is 12.1. The van der Waals surface area contributed by atoms with Crippen LogP contribution < -0.4 is 5.32 Å². The SMILES string of the molecule is CC(=O)N(CCC(=O)NC1(C(=O)O)CCCC1)Cc1ccccc1. The van der Waals surface area contributed by atoms with E-state index in [9.17, 15) is 19.5 Å². The second-order valence-electron chi connectivity index (χ2n) is 6.32. The Balaban J connectivity index is 1.90. The molecule has 6 heteroatoms. The number of benzene rings is 1. The van der Waals surface area contributed by atoms with Crippen molar-refractivity contribution in [3.63, 3.8) is 0 Å². The Morgan fingerprint density at radius 1 is 1.17 bits per heavy atom. The first kappa shape index (κ1) is 18.0. The van der Waals surface area contributed by atoms with E-state index in [1.165, 1.54) is 6.92 Å². The van der Waals surface area contributed by atoms with E-state index in [1.807, 2.05) is 30.3 Å². The highest BCUT2D eigenvalue weighted by Crippen LogP contribution is 2.30. The van der Waals surface area contributed by atoms with Gasteiger partial charge >= 0.3 is 5.97 Å². The van der Waals surface area contributed by atoms with E-state index in [2.05, 4.69) is 5.32 Å². The topological polar surface area (TPSA) is 86.7 Å². The Bertz CT molecular complexity index is 594. The third-order valence-electron chi connectivity index (χ3n) is 4.52. The van der Waals surface area contributed by atoms with E-state index in [-0.39, 0.29) is 24.8 Å². The molecule has 0 saturated heterocycles. The molecule has 1 aromatic carbocycles. The first-order valence-electron chi connectivity index (χ1n) is 8.27. The average Bonchev–Trinajstić information content (AvgIpc) is 3.02. The first-order chi connectivity index (χ1) is 11.4. The van der Waals surface area contributed by atoms with Gasteiger partial charge in [0.2, 0.25) is 11.8 Å². The molecule has 2 rings (SSSR count). The highest BCUT2D eigenvalue weighted by molar-refractivity contribution is 5.87. The fourth-order valence-corrected chi connectivity index (χ4v) is 3.09. The van der Waals surface area contributed by atoms with Gasteiger partial charge in [0, 0.05) is 26.4 Å². The second kappa shape index (κ2) is 7.95. The number of carbonyl (C=O) groups excluding carboxylic acids is 2. The molecule has 1 aliphatic carbocycles. The minimum Gasteiger partial charge on any atom is -0.480 e. The largest absolute Gasteiger partial charge is 0.480 e. The van der Waals surface area contributed by atoms with Crippen molar-refractivity contribution in [2.75, 3.05) is 6.54 Å². The maximum Gasteiger partial charge on any atom is 0.329 e. The van der Waals surface area contributed by atoms with Gasteiger partial charge in [-0.15, -0.1) is 0 Å². The van der Waals surface area contributed by atoms with Gasteiger partial charge in [-0.1, -0.05) is 43.2 Å². The molecule has 2 amide bonds. The number of amides is 2.